The fourth-order valence-corrected chi connectivity index (χ4v) is 2.37. The number of alkyl halides is 3. The molecule has 1 aromatic rings. The van der Waals surface area contributed by atoms with Gasteiger partial charge in [0.05, 0.1) is 5.56 Å². The number of piperidine rings is 1. The van der Waals surface area contributed by atoms with Gasteiger partial charge in [-0.25, -0.2) is 0 Å². The Kier molecular flexibility index (Phi) is 3.92. The van der Waals surface area contributed by atoms with Gasteiger partial charge in [0.25, 0.3) is 0 Å². The van der Waals surface area contributed by atoms with Crippen LogP contribution in [0.15, 0.2) is 24.3 Å². The molecule has 2 nitrogen and oxygen atoms in total. The lowest BCUT2D eigenvalue weighted by Gasteiger charge is -2.30. The van der Waals surface area contributed by atoms with Crippen LogP contribution < -0.4 is 10.6 Å². The predicted octanol–water partition coefficient (Wildman–Crippen LogP) is 2.72. The van der Waals surface area contributed by atoms with Gasteiger partial charge in [-0.05, 0) is 44.1 Å². The summed E-state index contributed by atoms with van der Waals surface area (Å²) in [5, 5.41) is 6.46. The minimum Gasteiger partial charge on any atom is -0.317 e. The van der Waals surface area contributed by atoms with Gasteiger partial charge in [-0.2, -0.15) is 13.2 Å². The quantitative estimate of drug-likeness (QED) is 0.852. The van der Waals surface area contributed by atoms with Crippen molar-refractivity contribution in [3.05, 3.63) is 35.4 Å². The van der Waals surface area contributed by atoms with Gasteiger partial charge in [-0.1, -0.05) is 12.1 Å². The third-order valence-electron chi connectivity index (χ3n) is 3.43. The molecule has 0 radical (unpaired) electrons. The number of halogens is 3. The van der Waals surface area contributed by atoms with Crippen LogP contribution in [-0.4, -0.2) is 19.6 Å². The molecule has 1 aliphatic heterocycles. The van der Waals surface area contributed by atoms with E-state index >= 15 is 0 Å². The van der Waals surface area contributed by atoms with E-state index in [1.165, 1.54) is 12.1 Å². The lowest BCUT2D eigenvalue weighted by molar-refractivity contribution is -0.137. The molecule has 1 saturated heterocycles. The van der Waals surface area contributed by atoms with Crippen LogP contribution in [0.2, 0.25) is 0 Å². The van der Waals surface area contributed by atoms with Crippen molar-refractivity contribution in [3.8, 4) is 0 Å². The van der Waals surface area contributed by atoms with Crippen LogP contribution in [0.25, 0.3) is 0 Å². The Balaban J connectivity index is 2.18. The zero-order chi connectivity index (χ0) is 13.2. The Labute approximate surface area is 105 Å². The summed E-state index contributed by atoms with van der Waals surface area (Å²) >= 11 is 0. The lowest BCUT2D eigenvalue weighted by atomic mass is 9.93. The van der Waals surface area contributed by atoms with E-state index in [1.807, 2.05) is 7.05 Å². The molecule has 0 bridgehead atoms. The van der Waals surface area contributed by atoms with E-state index in [9.17, 15) is 13.2 Å². The summed E-state index contributed by atoms with van der Waals surface area (Å²) in [7, 11) is 1.89. The van der Waals surface area contributed by atoms with Crippen LogP contribution in [-0.2, 0) is 6.18 Å². The van der Waals surface area contributed by atoms with E-state index in [-0.39, 0.29) is 6.04 Å². The maximum atomic E-state index is 12.6. The molecule has 2 unspecified atom stereocenters. The van der Waals surface area contributed by atoms with Crippen LogP contribution in [0.3, 0.4) is 0 Å². The highest BCUT2D eigenvalue weighted by Crippen LogP contribution is 2.32. The van der Waals surface area contributed by atoms with E-state index < -0.39 is 11.7 Å². The normalized spacial score (nSPS) is 25.1. The summed E-state index contributed by atoms with van der Waals surface area (Å²) in [5.74, 6) is 0. The van der Waals surface area contributed by atoms with Crippen molar-refractivity contribution < 1.29 is 13.2 Å². The zero-order valence-corrected chi connectivity index (χ0v) is 10.2. The first-order valence-corrected chi connectivity index (χ1v) is 6.08. The van der Waals surface area contributed by atoms with Crippen LogP contribution in [0, 0.1) is 0 Å². The van der Waals surface area contributed by atoms with Crippen LogP contribution in [0.4, 0.5) is 13.2 Å². The molecule has 0 aliphatic carbocycles. The van der Waals surface area contributed by atoms with Gasteiger partial charge >= 0.3 is 6.18 Å². The molecule has 0 saturated carbocycles. The highest BCUT2D eigenvalue weighted by atomic mass is 19.4. The molecule has 0 spiro atoms. The number of rotatable bonds is 2. The lowest BCUT2D eigenvalue weighted by Crippen LogP contribution is -2.40. The highest BCUT2D eigenvalue weighted by Gasteiger charge is 2.31. The first kappa shape index (κ1) is 13.4. The third-order valence-corrected chi connectivity index (χ3v) is 3.43. The van der Waals surface area contributed by atoms with Crippen molar-refractivity contribution in [1.29, 1.82) is 0 Å². The molecule has 100 valence electrons. The van der Waals surface area contributed by atoms with E-state index in [0.717, 1.165) is 25.5 Å². The molecule has 0 amide bonds. The maximum absolute atomic E-state index is 12.6. The molecular weight excluding hydrogens is 241 g/mol. The molecular formula is C13H17F3N2. The summed E-state index contributed by atoms with van der Waals surface area (Å²) in [5.41, 5.74) is 0.137. The molecule has 2 N–H and O–H groups in total. The average molecular weight is 258 g/mol. The van der Waals surface area contributed by atoms with Gasteiger partial charge in [0.15, 0.2) is 0 Å². The fourth-order valence-electron chi connectivity index (χ4n) is 2.37. The largest absolute Gasteiger partial charge is 0.416 e. The standard InChI is InChI=1S/C13H17F3N2/c1-17-11-5-6-18-12(8-11)9-3-2-4-10(7-9)13(14,15)16/h2-4,7,11-12,17-18H,5-6,8H2,1H3. The molecule has 5 heteroatoms. The molecule has 1 aromatic carbocycles. The van der Waals surface area contributed by atoms with Gasteiger partial charge in [0.1, 0.15) is 0 Å². The summed E-state index contributed by atoms with van der Waals surface area (Å²) < 4.78 is 37.9. The zero-order valence-electron chi connectivity index (χ0n) is 10.2. The minimum atomic E-state index is -4.27. The van der Waals surface area contributed by atoms with Crippen molar-refractivity contribution in [2.24, 2.45) is 0 Å². The van der Waals surface area contributed by atoms with Gasteiger partial charge in [0, 0.05) is 12.1 Å². The summed E-state index contributed by atoms with van der Waals surface area (Å²) in [6.45, 7) is 0.826. The Morgan fingerprint density at radius 3 is 2.78 bits per heavy atom. The Morgan fingerprint density at radius 2 is 2.11 bits per heavy atom. The van der Waals surface area contributed by atoms with Crippen molar-refractivity contribution in [2.45, 2.75) is 31.1 Å². The third kappa shape index (κ3) is 3.03. The smallest absolute Gasteiger partial charge is 0.317 e. The highest BCUT2D eigenvalue weighted by molar-refractivity contribution is 5.28. The molecule has 1 fully saturated rings. The van der Waals surface area contributed by atoms with Crippen molar-refractivity contribution >= 4 is 0 Å². The number of hydrogen-bond acceptors (Lipinski definition) is 2. The molecule has 1 aliphatic rings. The van der Waals surface area contributed by atoms with Gasteiger partial charge in [-0.15, -0.1) is 0 Å². The second kappa shape index (κ2) is 5.28. The topological polar surface area (TPSA) is 24.1 Å². The Morgan fingerprint density at radius 1 is 1.33 bits per heavy atom. The van der Waals surface area contributed by atoms with Crippen LogP contribution in [0.5, 0.6) is 0 Å². The van der Waals surface area contributed by atoms with Crippen molar-refractivity contribution in [2.75, 3.05) is 13.6 Å². The number of benzene rings is 1. The Hall–Kier alpha value is -1.07. The predicted molar refractivity (Wildman–Crippen MR) is 64.3 cm³/mol. The van der Waals surface area contributed by atoms with E-state index in [1.54, 1.807) is 6.07 Å². The second-order valence-corrected chi connectivity index (χ2v) is 4.64. The van der Waals surface area contributed by atoms with Crippen LogP contribution >= 0.6 is 0 Å². The van der Waals surface area contributed by atoms with Gasteiger partial charge < -0.3 is 10.6 Å². The average Bonchev–Trinajstić information content (AvgIpc) is 2.38. The molecule has 2 atom stereocenters. The van der Waals surface area contributed by atoms with Gasteiger partial charge in [-0.3, -0.25) is 0 Å². The van der Waals surface area contributed by atoms with E-state index in [4.69, 9.17) is 0 Å². The Bertz CT molecular complexity index is 403. The SMILES string of the molecule is CNC1CCNC(c2cccc(C(F)(F)F)c2)C1. The van der Waals surface area contributed by atoms with E-state index in [2.05, 4.69) is 10.6 Å². The first-order chi connectivity index (χ1) is 8.50. The fraction of sp³-hybridized carbons (Fsp3) is 0.538. The molecule has 2 rings (SSSR count). The van der Waals surface area contributed by atoms with Crippen LogP contribution in [0.1, 0.15) is 30.0 Å². The van der Waals surface area contributed by atoms with Crippen molar-refractivity contribution in [3.63, 3.8) is 0 Å². The monoisotopic (exact) mass is 258 g/mol. The van der Waals surface area contributed by atoms with E-state index in [0.29, 0.717) is 11.6 Å². The summed E-state index contributed by atoms with van der Waals surface area (Å²) in [6.07, 6.45) is -2.45. The number of nitrogens with one attached hydrogen (secondary N) is 2. The molecule has 1 heterocycles. The maximum Gasteiger partial charge on any atom is 0.416 e. The van der Waals surface area contributed by atoms with Gasteiger partial charge in [0.2, 0.25) is 0 Å². The summed E-state index contributed by atoms with van der Waals surface area (Å²) in [4.78, 5) is 0. The minimum absolute atomic E-state index is 0.00139. The second-order valence-electron chi connectivity index (χ2n) is 4.64. The van der Waals surface area contributed by atoms with Crippen molar-refractivity contribution in [1.82, 2.24) is 10.6 Å². The number of hydrogen-bond donors (Lipinski definition) is 2. The first-order valence-electron chi connectivity index (χ1n) is 6.08. The molecule has 18 heavy (non-hydrogen) atoms. The summed E-state index contributed by atoms with van der Waals surface area (Å²) in [6, 6.07) is 5.95. The molecule has 0 aromatic heterocycles.